The van der Waals surface area contributed by atoms with E-state index in [1.807, 2.05) is 17.8 Å². The largest absolute Gasteiger partial charge is 0.454 e. The summed E-state index contributed by atoms with van der Waals surface area (Å²) in [5.74, 6) is 4.06. The Morgan fingerprint density at radius 1 is 1.21 bits per heavy atom. The fourth-order valence-electron chi connectivity index (χ4n) is 2.07. The van der Waals surface area contributed by atoms with E-state index < -0.39 is 0 Å². The van der Waals surface area contributed by atoms with Crippen LogP contribution in [-0.2, 0) is 0 Å². The summed E-state index contributed by atoms with van der Waals surface area (Å²) < 4.78 is 10.8. The van der Waals surface area contributed by atoms with E-state index in [2.05, 4.69) is 31.3 Å². The van der Waals surface area contributed by atoms with Gasteiger partial charge in [-0.2, -0.15) is 11.8 Å². The third-order valence-electron chi connectivity index (χ3n) is 3.07. The zero-order chi connectivity index (χ0) is 13.5. The van der Waals surface area contributed by atoms with Crippen molar-refractivity contribution < 1.29 is 9.47 Å². The second kappa shape index (κ2) is 7.65. The van der Waals surface area contributed by atoms with Crippen LogP contribution in [-0.4, -0.2) is 24.8 Å². The van der Waals surface area contributed by atoms with Crippen LogP contribution in [0.1, 0.15) is 38.3 Å². The summed E-state index contributed by atoms with van der Waals surface area (Å²) >= 11 is 2.01. The zero-order valence-electron chi connectivity index (χ0n) is 11.8. The first kappa shape index (κ1) is 14.5. The Kier molecular flexibility index (Phi) is 5.86. The van der Waals surface area contributed by atoms with E-state index in [9.17, 15) is 0 Å². The van der Waals surface area contributed by atoms with Gasteiger partial charge in [0.05, 0.1) is 0 Å². The summed E-state index contributed by atoms with van der Waals surface area (Å²) in [7, 11) is 0. The lowest BCUT2D eigenvalue weighted by atomic mass is 10.1. The molecule has 0 amide bonds. The maximum atomic E-state index is 5.46. The number of thioether (sulfide) groups is 1. The Morgan fingerprint density at radius 2 is 2.05 bits per heavy atom. The third-order valence-corrected chi connectivity index (χ3v) is 4.34. The van der Waals surface area contributed by atoms with Crippen molar-refractivity contribution in [2.45, 2.75) is 32.7 Å². The van der Waals surface area contributed by atoms with Gasteiger partial charge in [0, 0.05) is 11.8 Å². The monoisotopic (exact) mass is 281 g/mol. The predicted octanol–water partition coefficient (Wildman–Crippen LogP) is 3.60. The molecule has 1 unspecified atom stereocenters. The average Bonchev–Trinajstić information content (AvgIpc) is 2.90. The average molecular weight is 281 g/mol. The molecule has 0 radical (unpaired) electrons. The number of hydrogen-bond donors (Lipinski definition) is 1. The highest BCUT2D eigenvalue weighted by Gasteiger charge is 2.17. The van der Waals surface area contributed by atoms with Crippen LogP contribution in [0.4, 0.5) is 0 Å². The Hall–Kier alpha value is -0.870. The van der Waals surface area contributed by atoms with Crippen molar-refractivity contribution in [3.05, 3.63) is 23.8 Å². The van der Waals surface area contributed by atoms with Crippen molar-refractivity contribution in [3.8, 4) is 11.5 Å². The minimum Gasteiger partial charge on any atom is -0.454 e. The normalized spacial score (nSPS) is 14.6. The molecule has 0 fully saturated rings. The van der Waals surface area contributed by atoms with E-state index in [-0.39, 0.29) is 0 Å². The molecule has 0 bridgehead atoms. The second-order valence-electron chi connectivity index (χ2n) is 4.69. The Balaban J connectivity index is 2.03. The van der Waals surface area contributed by atoms with Crippen LogP contribution in [0.3, 0.4) is 0 Å². The molecule has 4 heteroatoms. The van der Waals surface area contributed by atoms with Gasteiger partial charge in [0.15, 0.2) is 11.5 Å². The lowest BCUT2D eigenvalue weighted by Crippen LogP contribution is -2.24. The molecule has 1 aliphatic rings. The molecule has 1 atom stereocenters. The summed E-state index contributed by atoms with van der Waals surface area (Å²) in [6.45, 7) is 5.81. The number of nitrogens with one attached hydrogen (secondary N) is 1. The topological polar surface area (TPSA) is 30.5 Å². The van der Waals surface area contributed by atoms with E-state index >= 15 is 0 Å². The molecule has 1 aromatic carbocycles. The highest BCUT2D eigenvalue weighted by atomic mass is 32.2. The predicted molar refractivity (Wildman–Crippen MR) is 81.2 cm³/mol. The van der Waals surface area contributed by atoms with E-state index in [0.29, 0.717) is 12.8 Å². The van der Waals surface area contributed by atoms with Gasteiger partial charge in [-0.05, 0) is 42.8 Å². The van der Waals surface area contributed by atoms with Crippen LogP contribution >= 0.6 is 11.8 Å². The molecule has 19 heavy (non-hydrogen) atoms. The van der Waals surface area contributed by atoms with Crippen LogP contribution < -0.4 is 14.8 Å². The van der Waals surface area contributed by atoms with Gasteiger partial charge in [0.25, 0.3) is 0 Å². The van der Waals surface area contributed by atoms with Crippen LogP contribution in [0.25, 0.3) is 0 Å². The summed E-state index contributed by atoms with van der Waals surface area (Å²) in [5.41, 5.74) is 1.29. The molecular weight excluding hydrogens is 258 g/mol. The van der Waals surface area contributed by atoms with Gasteiger partial charge in [0.2, 0.25) is 6.79 Å². The molecule has 0 saturated carbocycles. The molecule has 1 aliphatic heterocycles. The summed E-state index contributed by atoms with van der Waals surface area (Å²) in [6, 6.07) is 6.67. The maximum absolute atomic E-state index is 5.46. The van der Waals surface area contributed by atoms with Gasteiger partial charge in [-0.1, -0.05) is 19.9 Å². The van der Waals surface area contributed by atoms with Gasteiger partial charge in [-0.25, -0.2) is 0 Å². The lowest BCUT2D eigenvalue weighted by molar-refractivity contribution is 0.174. The van der Waals surface area contributed by atoms with Crippen molar-refractivity contribution >= 4 is 11.8 Å². The molecule has 2 rings (SSSR count). The van der Waals surface area contributed by atoms with Gasteiger partial charge >= 0.3 is 0 Å². The fraction of sp³-hybridized carbons (Fsp3) is 0.600. The van der Waals surface area contributed by atoms with E-state index in [4.69, 9.17) is 9.47 Å². The maximum Gasteiger partial charge on any atom is 0.231 e. The standard InChI is InChI=1S/C15H23NO2S/c1-3-7-16-13(10-19-8-4-2)12-5-6-14-15(9-12)18-11-17-14/h5-6,9,13,16H,3-4,7-8,10-11H2,1-2H3. The van der Waals surface area contributed by atoms with Crippen molar-refractivity contribution in [2.24, 2.45) is 0 Å². The third kappa shape index (κ3) is 4.05. The number of rotatable bonds is 8. The summed E-state index contributed by atoms with van der Waals surface area (Å²) in [4.78, 5) is 0. The Bertz CT molecular complexity index is 398. The number of fused-ring (bicyclic) bond motifs is 1. The van der Waals surface area contributed by atoms with E-state index in [1.54, 1.807) is 0 Å². The molecule has 3 nitrogen and oxygen atoms in total. The number of ether oxygens (including phenoxy) is 2. The minimum absolute atomic E-state index is 0.344. The molecule has 0 saturated heterocycles. The summed E-state index contributed by atoms with van der Waals surface area (Å²) in [6.07, 6.45) is 2.38. The van der Waals surface area contributed by atoms with Crippen molar-refractivity contribution in [3.63, 3.8) is 0 Å². The fourth-order valence-corrected chi connectivity index (χ4v) is 3.07. The van der Waals surface area contributed by atoms with Crippen LogP contribution in [0.5, 0.6) is 11.5 Å². The molecule has 106 valence electrons. The molecule has 0 aromatic heterocycles. The highest BCUT2D eigenvalue weighted by Crippen LogP contribution is 2.34. The molecule has 0 spiro atoms. The first-order valence-electron chi connectivity index (χ1n) is 7.05. The van der Waals surface area contributed by atoms with Crippen molar-refractivity contribution in [1.29, 1.82) is 0 Å². The van der Waals surface area contributed by atoms with Gasteiger partial charge in [-0.3, -0.25) is 0 Å². The Labute approximate surface area is 120 Å². The quantitative estimate of drug-likeness (QED) is 0.738. The molecule has 1 N–H and O–H groups in total. The number of benzene rings is 1. The second-order valence-corrected chi connectivity index (χ2v) is 5.84. The lowest BCUT2D eigenvalue weighted by Gasteiger charge is -2.19. The van der Waals surface area contributed by atoms with Gasteiger partial charge in [0.1, 0.15) is 0 Å². The Morgan fingerprint density at radius 3 is 2.84 bits per heavy atom. The zero-order valence-corrected chi connectivity index (χ0v) is 12.6. The van der Waals surface area contributed by atoms with Crippen LogP contribution in [0.15, 0.2) is 18.2 Å². The van der Waals surface area contributed by atoms with E-state index in [1.165, 1.54) is 17.7 Å². The summed E-state index contributed by atoms with van der Waals surface area (Å²) in [5, 5.41) is 3.62. The van der Waals surface area contributed by atoms with Crippen molar-refractivity contribution in [2.75, 3.05) is 24.8 Å². The van der Waals surface area contributed by atoms with E-state index in [0.717, 1.165) is 30.2 Å². The number of hydrogen-bond acceptors (Lipinski definition) is 4. The smallest absolute Gasteiger partial charge is 0.231 e. The minimum atomic E-state index is 0.344. The molecular formula is C15H23NO2S. The van der Waals surface area contributed by atoms with Gasteiger partial charge < -0.3 is 14.8 Å². The SMILES string of the molecule is CCCNC(CSCCC)c1ccc2c(c1)OCO2. The molecule has 1 aromatic rings. The van der Waals surface area contributed by atoms with Crippen LogP contribution in [0.2, 0.25) is 0 Å². The van der Waals surface area contributed by atoms with Crippen molar-refractivity contribution in [1.82, 2.24) is 5.32 Å². The van der Waals surface area contributed by atoms with Gasteiger partial charge in [-0.15, -0.1) is 0 Å². The highest BCUT2D eigenvalue weighted by molar-refractivity contribution is 7.99. The first-order valence-corrected chi connectivity index (χ1v) is 8.21. The molecule has 1 heterocycles. The van der Waals surface area contributed by atoms with Crippen LogP contribution in [0, 0.1) is 0 Å². The molecule has 0 aliphatic carbocycles. The first-order chi connectivity index (χ1) is 9.35.